The number of hydrogen-bond donors (Lipinski definition) is 1. The minimum Gasteiger partial charge on any atom is -0.478 e. The van der Waals surface area contributed by atoms with E-state index < -0.39 is 5.97 Å². The number of carbonyl (C=O) groups is 1. The molecule has 70 valence electrons. The van der Waals surface area contributed by atoms with Crippen molar-refractivity contribution in [2.75, 3.05) is 7.11 Å². The highest BCUT2D eigenvalue weighted by Gasteiger charge is 2.06. The van der Waals surface area contributed by atoms with Crippen molar-refractivity contribution in [2.45, 2.75) is 6.61 Å². The van der Waals surface area contributed by atoms with Crippen molar-refractivity contribution < 1.29 is 14.6 Å². The van der Waals surface area contributed by atoms with Gasteiger partial charge in [0, 0.05) is 7.11 Å². The van der Waals surface area contributed by atoms with Crippen LogP contribution < -0.4 is 0 Å². The molecule has 1 aromatic rings. The number of aromatic nitrogens is 1. The Hall–Kier alpha value is -1.13. The lowest BCUT2D eigenvalue weighted by Crippen LogP contribution is -2.00. The summed E-state index contributed by atoms with van der Waals surface area (Å²) in [6, 6.07) is 2.72. The summed E-state index contributed by atoms with van der Waals surface area (Å²) in [5.74, 6) is -1.03. The van der Waals surface area contributed by atoms with Crippen LogP contribution in [0.25, 0.3) is 0 Å². The molecular formula is C8H8ClNO3. The fraction of sp³-hybridized carbons (Fsp3) is 0.250. The van der Waals surface area contributed by atoms with E-state index in [9.17, 15) is 4.79 Å². The molecule has 0 aliphatic carbocycles. The lowest BCUT2D eigenvalue weighted by molar-refractivity contribution is 0.0696. The zero-order chi connectivity index (χ0) is 9.84. The molecule has 0 saturated heterocycles. The minimum absolute atomic E-state index is 0.118. The molecule has 0 spiro atoms. The summed E-state index contributed by atoms with van der Waals surface area (Å²) in [5, 5.41) is 8.83. The van der Waals surface area contributed by atoms with Crippen LogP contribution in [0.1, 0.15) is 16.1 Å². The molecule has 5 heteroatoms. The number of ether oxygens (including phenoxy) is 1. The lowest BCUT2D eigenvalue weighted by Gasteiger charge is -2.01. The predicted molar refractivity (Wildman–Crippen MR) is 46.9 cm³/mol. The molecule has 1 aromatic heterocycles. The standard InChI is InChI=1S/C8H8ClNO3/c1-13-4-6-2-5(8(11)12)3-7(9)10-6/h2-3H,4H2,1H3,(H,11,12). The van der Waals surface area contributed by atoms with Crippen LogP contribution in [0, 0.1) is 0 Å². The Morgan fingerprint density at radius 3 is 2.92 bits per heavy atom. The molecule has 0 aliphatic rings. The molecule has 1 heterocycles. The number of nitrogens with zero attached hydrogens (tertiary/aromatic N) is 1. The molecule has 1 rings (SSSR count). The summed E-state index contributed by atoms with van der Waals surface area (Å²) in [6.07, 6.45) is 0. The monoisotopic (exact) mass is 201 g/mol. The summed E-state index contributed by atoms with van der Waals surface area (Å²) in [6.45, 7) is 0.251. The third-order valence-electron chi connectivity index (χ3n) is 1.39. The quantitative estimate of drug-likeness (QED) is 0.755. The van der Waals surface area contributed by atoms with Gasteiger partial charge >= 0.3 is 5.97 Å². The fourth-order valence-electron chi connectivity index (χ4n) is 0.897. The average molecular weight is 202 g/mol. The van der Waals surface area contributed by atoms with Gasteiger partial charge in [-0.2, -0.15) is 0 Å². The third kappa shape index (κ3) is 2.68. The molecule has 0 aliphatic heterocycles. The molecule has 0 aromatic carbocycles. The van der Waals surface area contributed by atoms with Gasteiger partial charge in [0.05, 0.1) is 17.9 Å². The van der Waals surface area contributed by atoms with Crippen molar-refractivity contribution in [1.29, 1.82) is 0 Å². The summed E-state index contributed by atoms with van der Waals surface area (Å²) in [4.78, 5) is 14.5. The van der Waals surface area contributed by atoms with Crippen LogP contribution >= 0.6 is 11.6 Å². The Balaban J connectivity index is 3.03. The van der Waals surface area contributed by atoms with E-state index in [1.54, 1.807) is 0 Å². The number of aromatic carboxylic acids is 1. The second-order valence-corrected chi connectivity index (χ2v) is 2.80. The van der Waals surface area contributed by atoms with E-state index in [0.717, 1.165) is 0 Å². The fourth-order valence-corrected chi connectivity index (χ4v) is 1.12. The second-order valence-electron chi connectivity index (χ2n) is 2.41. The van der Waals surface area contributed by atoms with Gasteiger partial charge in [-0.15, -0.1) is 0 Å². The van der Waals surface area contributed by atoms with Gasteiger partial charge in [-0.05, 0) is 12.1 Å². The van der Waals surface area contributed by atoms with Crippen molar-refractivity contribution in [1.82, 2.24) is 4.98 Å². The van der Waals surface area contributed by atoms with Gasteiger partial charge in [0.2, 0.25) is 0 Å². The van der Waals surface area contributed by atoms with E-state index in [-0.39, 0.29) is 17.3 Å². The molecule has 13 heavy (non-hydrogen) atoms. The number of hydrogen-bond acceptors (Lipinski definition) is 3. The predicted octanol–water partition coefficient (Wildman–Crippen LogP) is 1.58. The highest BCUT2D eigenvalue weighted by atomic mass is 35.5. The van der Waals surface area contributed by atoms with Crippen molar-refractivity contribution in [3.8, 4) is 0 Å². The van der Waals surface area contributed by atoms with Gasteiger partial charge in [0.1, 0.15) is 5.15 Å². The molecule has 1 N–H and O–H groups in total. The van der Waals surface area contributed by atoms with Crippen LogP contribution in [0.4, 0.5) is 0 Å². The van der Waals surface area contributed by atoms with Gasteiger partial charge < -0.3 is 9.84 Å². The van der Waals surface area contributed by atoms with E-state index >= 15 is 0 Å². The Labute approximate surface area is 80.1 Å². The largest absolute Gasteiger partial charge is 0.478 e. The van der Waals surface area contributed by atoms with Crippen molar-refractivity contribution >= 4 is 17.6 Å². The minimum atomic E-state index is -1.03. The zero-order valence-corrected chi connectivity index (χ0v) is 7.71. The SMILES string of the molecule is COCc1cc(C(=O)O)cc(Cl)n1. The summed E-state index contributed by atoms with van der Waals surface area (Å²) >= 11 is 5.60. The molecule has 4 nitrogen and oxygen atoms in total. The summed E-state index contributed by atoms with van der Waals surface area (Å²) in [7, 11) is 1.50. The molecule has 0 radical (unpaired) electrons. The van der Waals surface area contributed by atoms with Crippen LogP contribution in [0.15, 0.2) is 12.1 Å². The first kappa shape index (κ1) is 9.95. The molecule has 0 fully saturated rings. The van der Waals surface area contributed by atoms with E-state index in [1.807, 2.05) is 0 Å². The summed E-state index contributed by atoms with van der Waals surface area (Å²) < 4.78 is 4.80. The maximum Gasteiger partial charge on any atom is 0.335 e. The van der Waals surface area contributed by atoms with Gasteiger partial charge in [-0.25, -0.2) is 9.78 Å². The van der Waals surface area contributed by atoms with Gasteiger partial charge in [-0.3, -0.25) is 0 Å². The molecule has 0 unspecified atom stereocenters. The topological polar surface area (TPSA) is 59.4 Å². The Morgan fingerprint density at radius 1 is 1.69 bits per heavy atom. The van der Waals surface area contributed by atoms with Crippen molar-refractivity contribution in [2.24, 2.45) is 0 Å². The first-order chi connectivity index (χ1) is 6.13. The van der Waals surface area contributed by atoms with Gasteiger partial charge in [0.15, 0.2) is 0 Å². The van der Waals surface area contributed by atoms with Crippen LogP contribution in [0.5, 0.6) is 0 Å². The highest BCUT2D eigenvalue weighted by molar-refractivity contribution is 6.29. The van der Waals surface area contributed by atoms with Gasteiger partial charge in [0.25, 0.3) is 0 Å². The average Bonchev–Trinajstić information content (AvgIpc) is 2.03. The maximum absolute atomic E-state index is 10.6. The summed E-state index contributed by atoms with van der Waals surface area (Å²) in [5.41, 5.74) is 0.624. The van der Waals surface area contributed by atoms with E-state index in [0.29, 0.717) is 5.69 Å². The highest BCUT2D eigenvalue weighted by Crippen LogP contribution is 2.11. The van der Waals surface area contributed by atoms with Crippen molar-refractivity contribution in [3.05, 3.63) is 28.5 Å². The third-order valence-corrected chi connectivity index (χ3v) is 1.58. The molecule has 0 atom stereocenters. The molecule has 0 amide bonds. The molecule has 0 bridgehead atoms. The Morgan fingerprint density at radius 2 is 2.38 bits per heavy atom. The van der Waals surface area contributed by atoms with Crippen LogP contribution in [-0.2, 0) is 11.3 Å². The molecular weight excluding hydrogens is 194 g/mol. The number of pyridine rings is 1. The maximum atomic E-state index is 10.6. The van der Waals surface area contributed by atoms with E-state index in [1.165, 1.54) is 19.2 Å². The van der Waals surface area contributed by atoms with Crippen LogP contribution in [0.2, 0.25) is 5.15 Å². The van der Waals surface area contributed by atoms with E-state index in [4.69, 9.17) is 21.4 Å². The number of methoxy groups -OCH3 is 1. The number of halogens is 1. The zero-order valence-electron chi connectivity index (χ0n) is 6.95. The second kappa shape index (κ2) is 4.20. The van der Waals surface area contributed by atoms with Crippen LogP contribution in [-0.4, -0.2) is 23.2 Å². The normalized spacial score (nSPS) is 10.0. The first-order valence-corrected chi connectivity index (χ1v) is 3.90. The van der Waals surface area contributed by atoms with Crippen LogP contribution in [0.3, 0.4) is 0 Å². The number of rotatable bonds is 3. The van der Waals surface area contributed by atoms with E-state index in [2.05, 4.69) is 4.98 Å². The lowest BCUT2D eigenvalue weighted by atomic mass is 10.2. The number of carboxylic acids is 1. The first-order valence-electron chi connectivity index (χ1n) is 3.52. The number of carboxylic acid groups (broad SMARTS) is 1. The molecule has 0 saturated carbocycles. The van der Waals surface area contributed by atoms with Crippen molar-refractivity contribution in [3.63, 3.8) is 0 Å². The van der Waals surface area contributed by atoms with Gasteiger partial charge in [-0.1, -0.05) is 11.6 Å². The Bertz CT molecular complexity index is 327. The Kier molecular flexibility index (Phi) is 3.22. The smallest absolute Gasteiger partial charge is 0.335 e.